The van der Waals surface area contributed by atoms with Crippen LogP contribution in [-0.4, -0.2) is 21.6 Å². The molecule has 2 rings (SSSR count). The average Bonchev–Trinajstić information content (AvgIpc) is 2.43. The summed E-state index contributed by atoms with van der Waals surface area (Å²) in [5.41, 5.74) is 9.04. The van der Waals surface area contributed by atoms with Crippen LogP contribution in [0.25, 0.3) is 0 Å². The zero-order valence-electron chi connectivity index (χ0n) is 12.1. The van der Waals surface area contributed by atoms with Crippen molar-refractivity contribution in [2.45, 2.75) is 25.4 Å². The van der Waals surface area contributed by atoms with Gasteiger partial charge in [-0.1, -0.05) is 17.8 Å². The summed E-state index contributed by atoms with van der Waals surface area (Å²) in [6.07, 6.45) is 2.12. The molecule has 3 N–H and O–H groups in total. The number of anilines is 2. The second kappa shape index (κ2) is 7.08. The number of amides is 1. The van der Waals surface area contributed by atoms with E-state index in [4.69, 9.17) is 5.73 Å². The summed E-state index contributed by atoms with van der Waals surface area (Å²) in [4.78, 5) is 20.4. The zero-order chi connectivity index (χ0) is 15.2. The van der Waals surface area contributed by atoms with Crippen LogP contribution >= 0.6 is 11.8 Å². The molecule has 21 heavy (non-hydrogen) atoms. The first-order valence-corrected chi connectivity index (χ1v) is 7.61. The fourth-order valence-corrected chi connectivity index (χ4v) is 2.53. The monoisotopic (exact) mass is 302 g/mol. The highest BCUT2D eigenvalue weighted by Gasteiger charge is 2.06. The number of nitrogens with zero attached hydrogens (tertiary/aromatic N) is 2. The first-order valence-electron chi connectivity index (χ1n) is 6.63. The standard InChI is InChI=1S/C15H18N4OS/c1-10-3-4-12(16)9-13(10)19-14(20)6-8-21-15-17-7-5-11(2)18-15/h3-5,7,9H,6,8,16H2,1-2H3,(H,19,20). The van der Waals surface area contributed by atoms with Crippen molar-refractivity contribution in [1.29, 1.82) is 0 Å². The molecule has 5 nitrogen and oxygen atoms in total. The van der Waals surface area contributed by atoms with Crippen molar-refractivity contribution in [2.24, 2.45) is 0 Å². The molecule has 0 spiro atoms. The lowest BCUT2D eigenvalue weighted by molar-refractivity contribution is -0.115. The lowest BCUT2D eigenvalue weighted by Gasteiger charge is -2.09. The second-order valence-corrected chi connectivity index (χ2v) is 5.76. The number of aromatic nitrogens is 2. The highest BCUT2D eigenvalue weighted by Crippen LogP contribution is 2.19. The van der Waals surface area contributed by atoms with E-state index in [1.807, 2.05) is 32.0 Å². The number of carbonyl (C=O) groups is 1. The minimum Gasteiger partial charge on any atom is -0.399 e. The fraction of sp³-hybridized carbons (Fsp3) is 0.267. The maximum atomic E-state index is 11.9. The highest BCUT2D eigenvalue weighted by molar-refractivity contribution is 7.99. The summed E-state index contributed by atoms with van der Waals surface area (Å²) >= 11 is 1.47. The summed E-state index contributed by atoms with van der Waals surface area (Å²) in [6.45, 7) is 3.85. The van der Waals surface area contributed by atoms with Gasteiger partial charge < -0.3 is 11.1 Å². The molecule has 0 saturated carbocycles. The molecular weight excluding hydrogens is 284 g/mol. The van der Waals surface area contributed by atoms with Gasteiger partial charge in [0.15, 0.2) is 5.16 Å². The van der Waals surface area contributed by atoms with Crippen molar-refractivity contribution in [3.05, 3.63) is 41.7 Å². The molecule has 1 amide bonds. The third kappa shape index (κ3) is 4.75. The lowest BCUT2D eigenvalue weighted by atomic mass is 10.2. The number of hydrogen-bond donors (Lipinski definition) is 2. The van der Waals surface area contributed by atoms with E-state index in [2.05, 4.69) is 15.3 Å². The molecule has 0 aliphatic rings. The van der Waals surface area contributed by atoms with Gasteiger partial charge in [-0.2, -0.15) is 0 Å². The minimum atomic E-state index is -0.0381. The zero-order valence-corrected chi connectivity index (χ0v) is 12.9. The van der Waals surface area contributed by atoms with Gasteiger partial charge in [0.1, 0.15) is 0 Å². The number of nitrogens with two attached hydrogens (primary N) is 1. The van der Waals surface area contributed by atoms with Crippen LogP contribution in [0, 0.1) is 13.8 Å². The Bertz CT molecular complexity index is 645. The molecule has 0 radical (unpaired) electrons. The smallest absolute Gasteiger partial charge is 0.225 e. The average molecular weight is 302 g/mol. The summed E-state index contributed by atoms with van der Waals surface area (Å²) in [5.74, 6) is 0.597. The highest BCUT2D eigenvalue weighted by atomic mass is 32.2. The molecule has 0 bridgehead atoms. The van der Waals surface area contributed by atoms with E-state index >= 15 is 0 Å². The third-order valence-corrected chi connectivity index (χ3v) is 3.73. The predicted octanol–water partition coefficient (Wildman–Crippen LogP) is 2.80. The normalized spacial score (nSPS) is 10.4. The Morgan fingerprint density at radius 3 is 2.90 bits per heavy atom. The molecular formula is C15H18N4OS. The van der Waals surface area contributed by atoms with Crippen molar-refractivity contribution in [3.63, 3.8) is 0 Å². The topological polar surface area (TPSA) is 80.9 Å². The van der Waals surface area contributed by atoms with Crippen LogP contribution in [0.1, 0.15) is 17.7 Å². The molecule has 1 aromatic carbocycles. The van der Waals surface area contributed by atoms with E-state index in [0.29, 0.717) is 23.0 Å². The maximum absolute atomic E-state index is 11.9. The molecule has 2 aromatic rings. The van der Waals surface area contributed by atoms with Gasteiger partial charge in [-0.25, -0.2) is 9.97 Å². The number of hydrogen-bond acceptors (Lipinski definition) is 5. The Hall–Kier alpha value is -2.08. The predicted molar refractivity (Wildman–Crippen MR) is 86.3 cm³/mol. The van der Waals surface area contributed by atoms with Crippen molar-refractivity contribution < 1.29 is 4.79 Å². The Morgan fingerprint density at radius 2 is 2.14 bits per heavy atom. The van der Waals surface area contributed by atoms with Crippen molar-refractivity contribution >= 4 is 29.0 Å². The Balaban J connectivity index is 1.84. The molecule has 1 heterocycles. The van der Waals surface area contributed by atoms with E-state index in [0.717, 1.165) is 16.9 Å². The lowest BCUT2D eigenvalue weighted by Crippen LogP contribution is -2.13. The van der Waals surface area contributed by atoms with Crippen LogP contribution < -0.4 is 11.1 Å². The van der Waals surface area contributed by atoms with Gasteiger partial charge in [-0.3, -0.25) is 4.79 Å². The van der Waals surface area contributed by atoms with Crippen molar-refractivity contribution in [2.75, 3.05) is 16.8 Å². The molecule has 0 atom stereocenters. The summed E-state index contributed by atoms with van der Waals surface area (Å²) < 4.78 is 0. The number of rotatable bonds is 5. The summed E-state index contributed by atoms with van der Waals surface area (Å²) in [5, 5.41) is 3.57. The molecule has 0 fully saturated rings. The number of carbonyl (C=O) groups excluding carboxylic acids is 1. The molecule has 0 saturated heterocycles. The molecule has 0 unspecified atom stereocenters. The number of thioether (sulfide) groups is 1. The second-order valence-electron chi connectivity index (χ2n) is 4.70. The minimum absolute atomic E-state index is 0.0381. The van der Waals surface area contributed by atoms with Crippen LogP contribution in [0.5, 0.6) is 0 Å². The largest absolute Gasteiger partial charge is 0.399 e. The third-order valence-electron chi connectivity index (χ3n) is 2.87. The quantitative estimate of drug-likeness (QED) is 0.504. The Kier molecular flexibility index (Phi) is 5.16. The molecule has 0 aliphatic carbocycles. The van der Waals surface area contributed by atoms with Crippen LogP contribution in [0.4, 0.5) is 11.4 Å². The van der Waals surface area contributed by atoms with E-state index in [-0.39, 0.29) is 5.91 Å². The maximum Gasteiger partial charge on any atom is 0.225 e. The number of nitrogens with one attached hydrogen (secondary N) is 1. The number of aryl methyl sites for hydroxylation is 2. The van der Waals surface area contributed by atoms with Crippen LogP contribution in [-0.2, 0) is 4.79 Å². The molecule has 0 aliphatic heterocycles. The summed E-state index contributed by atoms with van der Waals surface area (Å²) in [6, 6.07) is 7.32. The van der Waals surface area contributed by atoms with E-state index in [1.54, 1.807) is 12.3 Å². The molecule has 6 heteroatoms. The Labute approximate surface area is 128 Å². The van der Waals surface area contributed by atoms with Gasteiger partial charge in [-0.15, -0.1) is 0 Å². The number of nitrogen functional groups attached to an aromatic ring is 1. The van der Waals surface area contributed by atoms with Gasteiger partial charge >= 0.3 is 0 Å². The molecule has 1 aromatic heterocycles. The summed E-state index contributed by atoms with van der Waals surface area (Å²) in [7, 11) is 0. The fourth-order valence-electron chi connectivity index (χ4n) is 1.72. The first kappa shape index (κ1) is 15.3. The molecule has 110 valence electrons. The van der Waals surface area contributed by atoms with E-state index < -0.39 is 0 Å². The van der Waals surface area contributed by atoms with Crippen molar-refractivity contribution in [1.82, 2.24) is 9.97 Å². The van der Waals surface area contributed by atoms with E-state index in [1.165, 1.54) is 11.8 Å². The van der Waals surface area contributed by atoms with Gasteiger partial charge in [0.2, 0.25) is 5.91 Å². The number of benzene rings is 1. The van der Waals surface area contributed by atoms with Gasteiger partial charge in [0, 0.05) is 35.4 Å². The van der Waals surface area contributed by atoms with Gasteiger partial charge in [-0.05, 0) is 37.6 Å². The SMILES string of the molecule is Cc1ccnc(SCCC(=O)Nc2cc(N)ccc2C)n1. The van der Waals surface area contributed by atoms with Crippen LogP contribution in [0.15, 0.2) is 35.6 Å². The Morgan fingerprint density at radius 1 is 1.33 bits per heavy atom. The van der Waals surface area contributed by atoms with Crippen LogP contribution in [0.3, 0.4) is 0 Å². The van der Waals surface area contributed by atoms with Crippen molar-refractivity contribution in [3.8, 4) is 0 Å². The first-order chi connectivity index (χ1) is 10.0. The van der Waals surface area contributed by atoms with Gasteiger partial charge in [0.25, 0.3) is 0 Å². The van der Waals surface area contributed by atoms with E-state index in [9.17, 15) is 4.79 Å². The van der Waals surface area contributed by atoms with Gasteiger partial charge in [0.05, 0.1) is 0 Å². The van der Waals surface area contributed by atoms with Crippen LogP contribution in [0.2, 0.25) is 0 Å².